The van der Waals surface area contributed by atoms with Crippen LogP contribution < -0.4 is 10.2 Å². The molecule has 0 spiro atoms. The monoisotopic (exact) mass is 399 g/mol. The fourth-order valence-corrected chi connectivity index (χ4v) is 4.57. The second-order valence-corrected chi connectivity index (χ2v) is 9.23. The number of carbonyl (C=O) groups is 1. The van der Waals surface area contributed by atoms with Gasteiger partial charge in [0.25, 0.3) is 5.91 Å². The van der Waals surface area contributed by atoms with Gasteiger partial charge in [-0.1, -0.05) is 0 Å². The van der Waals surface area contributed by atoms with E-state index in [1.54, 1.807) is 18.3 Å². The van der Waals surface area contributed by atoms with Crippen LogP contribution in [0.25, 0.3) is 10.9 Å². The molecule has 2 aliphatic rings. The van der Waals surface area contributed by atoms with Gasteiger partial charge in [0.2, 0.25) is 0 Å². The lowest BCUT2D eigenvalue weighted by molar-refractivity contribution is -0.00257. The average molecular weight is 400 g/mol. The zero-order chi connectivity index (χ0) is 20.8. The van der Waals surface area contributed by atoms with E-state index in [9.17, 15) is 14.3 Å². The molecule has 1 saturated heterocycles. The summed E-state index contributed by atoms with van der Waals surface area (Å²) in [6, 6.07) is 5.42. The molecule has 0 bridgehead atoms. The van der Waals surface area contributed by atoms with Gasteiger partial charge in [-0.05, 0) is 77.0 Å². The molecule has 0 radical (unpaired) electrons. The molecule has 5 nitrogen and oxygen atoms in total. The Bertz CT molecular complexity index is 916. The Labute approximate surface area is 171 Å². The highest BCUT2D eigenvalue weighted by molar-refractivity contribution is 5.97. The van der Waals surface area contributed by atoms with Crippen LogP contribution in [0.2, 0.25) is 0 Å². The van der Waals surface area contributed by atoms with Gasteiger partial charge in [-0.2, -0.15) is 0 Å². The van der Waals surface area contributed by atoms with Crippen molar-refractivity contribution < 1.29 is 14.3 Å². The van der Waals surface area contributed by atoms with E-state index < -0.39 is 5.60 Å². The van der Waals surface area contributed by atoms with Gasteiger partial charge in [0, 0.05) is 30.2 Å². The van der Waals surface area contributed by atoms with E-state index in [1.807, 2.05) is 18.7 Å². The van der Waals surface area contributed by atoms with E-state index in [1.165, 1.54) is 6.07 Å². The van der Waals surface area contributed by atoms with Gasteiger partial charge in [0.1, 0.15) is 5.82 Å². The second-order valence-electron chi connectivity index (χ2n) is 9.23. The number of nitrogens with one attached hydrogen (secondary N) is 1. The molecule has 2 heterocycles. The van der Waals surface area contributed by atoms with E-state index >= 15 is 0 Å². The largest absolute Gasteiger partial charge is 0.390 e. The summed E-state index contributed by atoms with van der Waals surface area (Å²) in [5.41, 5.74) is 1.06. The molecule has 1 aliphatic carbocycles. The number of pyridine rings is 1. The summed E-state index contributed by atoms with van der Waals surface area (Å²) >= 11 is 0. The minimum atomic E-state index is -0.673. The molecular formula is C23H30FN3O2. The van der Waals surface area contributed by atoms with Gasteiger partial charge in [-0.25, -0.2) is 4.39 Å². The molecule has 0 unspecified atom stereocenters. The summed E-state index contributed by atoms with van der Waals surface area (Å²) in [5, 5.41) is 13.9. The Morgan fingerprint density at radius 3 is 2.52 bits per heavy atom. The number of hydrogen-bond donors (Lipinski definition) is 2. The van der Waals surface area contributed by atoms with Crippen molar-refractivity contribution >= 4 is 22.5 Å². The van der Waals surface area contributed by atoms with Crippen molar-refractivity contribution in [1.82, 2.24) is 10.3 Å². The van der Waals surface area contributed by atoms with Crippen molar-refractivity contribution in [3.05, 3.63) is 35.8 Å². The maximum absolute atomic E-state index is 14.6. The number of aromatic nitrogens is 1. The Morgan fingerprint density at radius 1 is 1.21 bits per heavy atom. The molecule has 156 valence electrons. The lowest BCUT2D eigenvalue weighted by atomic mass is 9.77. The number of anilines is 1. The van der Waals surface area contributed by atoms with E-state index in [2.05, 4.69) is 17.2 Å². The summed E-state index contributed by atoms with van der Waals surface area (Å²) in [5.74, 6) is -0.176. The molecule has 1 amide bonds. The smallest absolute Gasteiger partial charge is 0.253 e. The van der Waals surface area contributed by atoms with Crippen molar-refractivity contribution in [3.63, 3.8) is 0 Å². The Kier molecular flexibility index (Phi) is 5.23. The third-order valence-electron chi connectivity index (χ3n) is 6.70. The van der Waals surface area contributed by atoms with Crippen molar-refractivity contribution in [2.75, 3.05) is 11.4 Å². The molecular weight excluding hydrogens is 369 g/mol. The topological polar surface area (TPSA) is 65.5 Å². The molecule has 29 heavy (non-hydrogen) atoms. The molecule has 1 atom stereocenters. The first kappa shape index (κ1) is 20.1. The highest BCUT2D eigenvalue weighted by atomic mass is 19.1. The predicted molar refractivity (Wildman–Crippen MR) is 113 cm³/mol. The number of amides is 1. The molecule has 1 aromatic heterocycles. The molecule has 2 fully saturated rings. The first-order valence-electron chi connectivity index (χ1n) is 10.6. The standard InChI is InChI=1S/C23H30FN3O2/c1-14-8-9-27(14)21-12-20-15(11-19(21)24)10-16(13-25-20)22(28)26-18-6-4-17(5-7-18)23(2,3)29/h10-14,17-18,29H,4-9H2,1-3H3,(H,26,28)/t14-,17?,18?/m1/s1. The van der Waals surface area contributed by atoms with Crippen LogP contribution in [0.1, 0.15) is 63.2 Å². The van der Waals surface area contributed by atoms with E-state index in [4.69, 9.17) is 0 Å². The predicted octanol–water partition coefficient (Wildman–Crippen LogP) is 4.03. The van der Waals surface area contributed by atoms with Crippen molar-refractivity contribution in [3.8, 4) is 0 Å². The minimum Gasteiger partial charge on any atom is -0.390 e. The third kappa shape index (κ3) is 4.08. The van der Waals surface area contributed by atoms with Crippen LogP contribution in [0.4, 0.5) is 10.1 Å². The SMILES string of the molecule is C[C@@H]1CCN1c1cc2ncc(C(=O)NC3CCC(C(C)(C)O)CC3)cc2cc1F. The zero-order valence-corrected chi connectivity index (χ0v) is 17.4. The van der Waals surface area contributed by atoms with Crippen LogP contribution in [-0.4, -0.2) is 40.2 Å². The first-order chi connectivity index (χ1) is 13.7. The average Bonchev–Trinajstić information content (AvgIpc) is 2.66. The molecule has 1 aliphatic heterocycles. The fourth-order valence-electron chi connectivity index (χ4n) is 4.57. The normalized spacial score (nSPS) is 25.0. The number of fused-ring (bicyclic) bond motifs is 1. The number of hydrogen-bond acceptors (Lipinski definition) is 4. The lowest BCUT2D eigenvalue weighted by Gasteiger charge is -2.40. The Hall–Kier alpha value is -2.21. The number of rotatable bonds is 4. The second kappa shape index (κ2) is 7.56. The first-order valence-corrected chi connectivity index (χ1v) is 10.6. The summed E-state index contributed by atoms with van der Waals surface area (Å²) < 4.78 is 14.6. The van der Waals surface area contributed by atoms with Crippen molar-refractivity contribution in [2.24, 2.45) is 5.92 Å². The fraction of sp³-hybridized carbons (Fsp3) is 0.565. The molecule has 1 saturated carbocycles. The van der Waals surface area contributed by atoms with Crippen LogP contribution >= 0.6 is 0 Å². The third-order valence-corrected chi connectivity index (χ3v) is 6.70. The van der Waals surface area contributed by atoms with Gasteiger partial charge >= 0.3 is 0 Å². The molecule has 1 aromatic carbocycles. The maximum Gasteiger partial charge on any atom is 0.253 e. The highest BCUT2D eigenvalue weighted by Gasteiger charge is 2.32. The van der Waals surface area contributed by atoms with Crippen molar-refractivity contribution in [1.29, 1.82) is 0 Å². The summed E-state index contributed by atoms with van der Waals surface area (Å²) in [7, 11) is 0. The van der Waals surface area contributed by atoms with Gasteiger partial charge in [0.05, 0.1) is 22.4 Å². The minimum absolute atomic E-state index is 0.101. The van der Waals surface area contributed by atoms with Gasteiger partial charge < -0.3 is 15.3 Å². The van der Waals surface area contributed by atoms with E-state index in [0.717, 1.165) is 38.6 Å². The van der Waals surface area contributed by atoms with Gasteiger partial charge in [-0.3, -0.25) is 9.78 Å². The molecule has 6 heteroatoms. The number of benzene rings is 1. The van der Waals surface area contributed by atoms with Crippen LogP contribution in [0.3, 0.4) is 0 Å². The molecule has 2 N–H and O–H groups in total. The molecule has 4 rings (SSSR count). The number of halogens is 1. The highest BCUT2D eigenvalue weighted by Crippen LogP contribution is 2.33. The van der Waals surface area contributed by atoms with E-state index in [-0.39, 0.29) is 23.7 Å². The van der Waals surface area contributed by atoms with Gasteiger partial charge in [-0.15, -0.1) is 0 Å². The van der Waals surface area contributed by atoms with E-state index in [0.29, 0.717) is 28.2 Å². The van der Waals surface area contributed by atoms with Crippen LogP contribution in [0.15, 0.2) is 24.4 Å². The summed E-state index contributed by atoms with van der Waals surface area (Å²) in [4.78, 5) is 19.2. The van der Waals surface area contributed by atoms with Crippen molar-refractivity contribution in [2.45, 2.75) is 70.6 Å². The zero-order valence-electron chi connectivity index (χ0n) is 17.4. The lowest BCUT2D eigenvalue weighted by Crippen LogP contribution is -2.46. The molecule has 2 aromatic rings. The van der Waals surface area contributed by atoms with Crippen LogP contribution in [-0.2, 0) is 0 Å². The quantitative estimate of drug-likeness (QED) is 0.815. The van der Waals surface area contributed by atoms with Crippen LogP contribution in [0.5, 0.6) is 0 Å². The number of nitrogens with zero attached hydrogens (tertiary/aromatic N) is 2. The summed E-state index contributed by atoms with van der Waals surface area (Å²) in [6.07, 6.45) is 6.14. The van der Waals surface area contributed by atoms with Crippen LogP contribution in [0, 0.1) is 11.7 Å². The maximum atomic E-state index is 14.6. The Morgan fingerprint density at radius 2 is 1.93 bits per heavy atom. The Balaban J connectivity index is 1.45. The number of aliphatic hydroxyl groups is 1. The number of carbonyl (C=O) groups excluding carboxylic acids is 1. The summed E-state index contributed by atoms with van der Waals surface area (Å²) in [6.45, 7) is 6.65. The van der Waals surface area contributed by atoms with Gasteiger partial charge in [0.15, 0.2) is 0 Å².